The number of anilines is 1. The Morgan fingerprint density at radius 3 is 2.29 bits per heavy atom. The van der Waals surface area contributed by atoms with Crippen LogP contribution in [0.3, 0.4) is 0 Å². The molecular weight excluding hydrogens is 599 g/mol. The summed E-state index contributed by atoms with van der Waals surface area (Å²) in [5, 5.41) is 10.1. The van der Waals surface area contributed by atoms with Crippen molar-refractivity contribution >= 4 is 40.8 Å². The molecule has 0 aliphatic carbocycles. The molecule has 45 heavy (non-hydrogen) atoms. The molecule has 12 heteroatoms. The third kappa shape index (κ3) is 9.21. The van der Waals surface area contributed by atoms with E-state index in [1.165, 1.54) is 12.1 Å². The molecule has 1 fully saturated rings. The Bertz CT molecular complexity index is 1500. The van der Waals surface area contributed by atoms with E-state index in [1.54, 1.807) is 59.1 Å². The fraction of sp³-hybridized carbons (Fsp3) is 0.424. The molecule has 0 unspecified atom stereocenters. The van der Waals surface area contributed by atoms with E-state index < -0.39 is 23.7 Å². The first-order valence-electron chi connectivity index (χ1n) is 15.2. The lowest BCUT2D eigenvalue weighted by Gasteiger charge is -2.34. The van der Waals surface area contributed by atoms with Gasteiger partial charge in [-0.25, -0.2) is 4.39 Å². The monoisotopic (exact) mass is 638 g/mol. The van der Waals surface area contributed by atoms with Crippen LogP contribution >= 0.6 is 11.6 Å². The molecule has 2 aromatic carbocycles. The minimum absolute atomic E-state index is 0.0459. The minimum Gasteiger partial charge on any atom is -0.344 e. The Kier molecular flexibility index (Phi) is 11.8. The van der Waals surface area contributed by atoms with E-state index in [0.717, 1.165) is 18.7 Å². The summed E-state index contributed by atoms with van der Waals surface area (Å²) in [5.41, 5.74) is 1.65. The third-order valence-corrected chi connectivity index (χ3v) is 8.25. The molecule has 10 nitrogen and oxygen atoms in total. The van der Waals surface area contributed by atoms with E-state index in [1.807, 2.05) is 14.0 Å². The second-order valence-corrected chi connectivity index (χ2v) is 11.7. The first-order valence-corrected chi connectivity index (χ1v) is 15.6. The van der Waals surface area contributed by atoms with Gasteiger partial charge < -0.3 is 20.4 Å². The number of Topliss-reactive ketones (excluding diaryl/α,β-unsaturated/α-hetero) is 1. The fourth-order valence-corrected chi connectivity index (χ4v) is 5.44. The summed E-state index contributed by atoms with van der Waals surface area (Å²) < 4.78 is 17.0. The summed E-state index contributed by atoms with van der Waals surface area (Å²) >= 11 is 6.03. The van der Waals surface area contributed by atoms with Crippen molar-refractivity contribution in [2.75, 3.05) is 38.5 Å². The second kappa shape index (κ2) is 15.8. The molecule has 240 valence electrons. The van der Waals surface area contributed by atoms with Crippen molar-refractivity contribution in [1.29, 1.82) is 0 Å². The van der Waals surface area contributed by atoms with Crippen molar-refractivity contribution in [3.8, 4) is 0 Å². The smallest absolute Gasteiger partial charge is 0.245 e. The first kappa shape index (κ1) is 33.8. The lowest BCUT2D eigenvalue weighted by molar-refractivity contribution is -0.137. The van der Waals surface area contributed by atoms with Crippen LogP contribution in [-0.2, 0) is 33.8 Å². The summed E-state index contributed by atoms with van der Waals surface area (Å²) in [6, 6.07) is 12.1. The van der Waals surface area contributed by atoms with Crippen LogP contribution in [0.5, 0.6) is 0 Å². The van der Waals surface area contributed by atoms with Gasteiger partial charge in [-0.2, -0.15) is 5.10 Å². The second-order valence-electron chi connectivity index (χ2n) is 11.3. The van der Waals surface area contributed by atoms with Crippen LogP contribution in [0.1, 0.15) is 48.3 Å². The fourth-order valence-electron chi connectivity index (χ4n) is 5.31. The lowest BCUT2D eigenvalue weighted by atomic mass is 9.92. The summed E-state index contributed by atoms with van der Waals surface area (Å²) in [5.74, 6) is -2.71. The Morgan fingerprint density at radius 1 is 0.956 bits per heavy atom. The highest BCUT2D eigenvalue weighted by Crippen LogP contribution is 2.23. The van der Waals surface area contributed by atoms with Crippen molar-refractivity contribution in [3.63, 3.8) is 0 Å². The first-order chi connectivity index (χ1) is 21.6. The number of nitrogens with zero attached hydrogens (tertiary/aromatic N) is 4. The van der Waals surface area contributed by atoms with Gasteiger partial charge >= 0.3 is 0 Å². The zero-order valence-electron chi connectivity index (χ0n) is 25.9. The molecule has 4 rings (SSSR count). The average Bonchev–Trinajstić information content (AvgIpc) is 3.52. The average molecular weight is 639 g/mol. The van der Waals surface area contributed by atoms with Gasteiger partial charge in [-0.3, -0.25) is 23.9 Å². The molecule has 3 aromatic rings. The van der Waals surface area contributed by atoms with E-state index in [-0.39, 0.29) is 49.0 Å². The topological polar surface area (TPSA) is 117 Å². The zero-order chi connectivity index (χ0) is 32.5. The molecule has 1 aliphatic rings. The number of hydrogen-bond donors (Lipinski definition) is 2. The molecule has 0 saturated carbocycles. The number of piperazine rings is 1. The molecule has 0 radical (unpaired) electrons. The van der Waals surface area contributed by atoms with Gasteiger partial charge in [0.15, 0.2) is 5.78 Å². The van der Waals surface area contributed by atoms with E-state index in [4.69, 9.17) is 11.6 Å². The molecule has 0 bridgehead atoms. The maximum absolute atomic E-state index is 15.4. The summed E-state index contributed by atoms with van der Waals surface area (Å²) in [4.78, 5) is 56.1. The lowest BCUT2D eigenvalue weighted by Crippen LogP contribution is -2.54. The number of halogens is 2. The molecule has 2 N–H and O–H groups in total. The number of amides is 3. The number of aryl methyl sites for hydroxylation is 1. The normalized spacial score (nSPS) is 14.9. The summed E-state index contributed by atoms with van der Waals surface area (Å²) in [7, 11) is 1.99. The maximum Gasteiger partial charge on any atom is 0.245 e. The largest absolute Gasteiger partial charge is 0.344 e. The number of carbonyl (C=O) groups is 4. The SMILES string of the molecule is CCC(=O)N[C@H](Cc1ccc(NC(=O)[C@@H](CC(=O)c2ccnn2CC)Cc2ccc(Cl)cc2)c(F)c1)C(=O)N1CCN(C)CC1. The number of benzene rings is 2. The third-order valence-electron chi connectivity index (χ3n) is 8.00. The van der Waals surface area contributed by atoms with E-state index in [2.05, 4.69) is 20.6 Å². The molecular formula is C33H40ClFN6O4. The van der Waals surface area contributed by atoms with Crippen LogP contribution in [0.15, 0.2) is 54.7 Å². The van der Waals surface area contributed by atoms with Gasteiger partial charge in [0.05, 0.1) is 5.69 Å². The molecule has 3 amide bonds. The maximum atomic E-state index is 15.4. The van der Waals surface area contributed by atoms with Crippen molar-refractivity contribution in [1.82, 2.24) is 24.9 Å². The number of ketones is 1. The van der Waals surface area contributed by atoms with Crippen LogP contribution in [0.2, 0.25) is 5.02 Å². The number of likely N-dealkylation sites (N-methyl/N-ethyl adjacent to an activating group) is 1. The Morgan fingerprint density at radius 2 is 1.64 bits per heavy atom. The van der Waals surface area contributed by atoms with Crippen LogP contribution in [0.4, 0.5) is 10.1 Å². The summed E-state index contributed by atoms with van der Waals surface area (Å²) in [6.07, 6.45) is 1.99. The van der Waals surface area contributed by atoms with Crippen LogP contribution in [0.25, 0.3) is 0 Å². The number of hydrogen-bond acceptors (Lipinski definition) is 6. The molecule has 2 atom stereocenters. The summed E-state index contributed by atoms with van der Waals surface area (Å²) in [6.45, 7) is 6.64. The van der Waals surface area contributed by atoms with Gasteiger partial charge in [0.1, 0.15) is 17.6 Å². The van der Waals surface area contributed by atoms with Gasteiger partial charge in [-0.05, 0) is 61.9 Å². The number of rotatable bonds is 13. The van der Waals surface area contributed by atoms with E-state index in [0.29, 0.717) is 35.9 Å². The Hall–Kier alpha value is -4.09. The van der Waals surface area contributed by atoms with Crippen molar-refractivity contribution in [2.24, 2.45) is 5.92 Å². The highest BCUT2D eigenvalue weighted by atomic mass is 35.5. The quantitative estimate of drug-likeness (QED) is 0.274. The van der Waals surface area contributed by atoms with Crippen molar-refractivity contribution in [2.45, 2.75) is 52.1 Å². The number of carbonyl (C=O) groups excluding carboxylic acids is 4. The van der Waals surface area contributed by atoms with E-state index >= 15 is 4.39 Å². The zero-order valence-corrected chi connectivity index (χ0v) is 26.6. The molecule has 1 aliphatic heterocycles. The van der Waals surface area contributed by atoms with E-state index in [9.17, 15) is 19.2 Å². The molecule has 2 heterocycles. The number of aromatic nitrogens is 2. The van der Waals surface area contributed by atoms with Gasteiger partial charge in [0.2, 0.25) is 17.7 Å². The van der Waals surface area contributed by atoms with Gasteiger partial charge in [-0.15, -0.1) is 0 Å². The van der Waals surface area contributed by atoms with Crippen LogP contribution in [-0.4, -0.2) is 82.4 Å². The van der Waals surface area contributed by atoms with Crippen LogP contribution < -0.4 is 10.6 Å². The standard InChI is InChI=1S/C33H40ClFN6O4/c1-4-31(43)37-28(33(45)40-16-14-39(3)15-17-40)20-23-8-11-27(26(35)19-23)38-32(44)24(18-22-6-9-25(34)10-7-22)21-30(42)29-12-13-36-41(29)5-2/h6-13,19,24,28H,4-5,14-18,20-21H2,1-3H3,(H,37,43)(H,38,44)/t24-,28-/m1/s1. The van der Waals surface area contributed by atoms with Crippen molar-refractivity contribution < 1.29 is 23.6 Å². The molecule has 0 spiro atoms. The van der Waals surface area contributed by atoms with Crippen LogP contribution in [0, 0.1) is 11.7 Å². The predicted molar refractivity (Wildman–Crippen MR) is 171 cm³/mol. The van der Waals surface area contributed by atoms with Gasteiger partial charge in [-0.1, -0.05) is 36.7 Å². The molecule has 1 aromatic heterocycles. The Labute approximate surface area is 267 Å². The van der Waals surface area contributed by atoms with Crippen molar-refractivity contribution in [3.05, 3.63) is 82.4 Å². The minimum atomic E-state index is -0.841. The van der Waals surface area contributed by atoms with Gasteiger partial charge in [0.25, 0.3) is 0 Å². The predicted octanol–water partition coefficient (Wildman–Crippen LogP) is 3.98. The van der Waals surface area contributed by atoms with Gasteiger partial charge in [0, 0.05) is 69.1 Å². The molecule has 1 saturated heterocycles. The Balaban J connectivity index is 1.49. The highest BCUT2D eigenvalue weighted by molar-refractivity contribution is 6.30. The highest BCUT2D eigenvalue weighted by Gasteiger charge is 2.29. The number of nitrogens with one attached hydrogen (secondary N) is 2.